The zero-order valence-electron chi connectivity index (χ0n) is 23.9. The van der Waals surface area contributed by atoms with Crippen LogP contribution in [0, 0.1) is 0 Å². The summed E-state index contributed by atoms with van der Waals surface area (Å²) in [6.45, 7) is 11.3. The monoisotopic (exact) mass is 541 g/mol. The summed E-state index contributed by atoms with van der Waals surface area (Å²) in [6.07, 6.45) is 1.60. The highest BCUT2D eigenvalue weighted by molar-refractivity contribution is 5.92. The van der Waals surface area contributed by atoms with Crippen LogP contribution in [0.5, 0.6) is 11.5 Å². The molecule has 0 aliphatic carbocycles. The molecule has 0 heterocycles. The first kappa shape index (κ1) is 31.5. The highest BCUT2D eigenvalue weighted by Gasteiger charge is 2.36. The number of nitrogens with one attached hydrogen (secondary N) is 2. The molecular weight excluding hydrogens is 498 g/mol. The van der Waals surface area contributed by atoms with E-state index in [0.717, 1.165) is 12.8 Å². The van der Waals surface area contributed by atoms with E-state index in [9.17, 15) is 24.6 Å². The molecule has 3 unspecified atom stereocenters. The van der Waals surface area contributed by atoms with Crippen LogP contribution in [0.15, 0.2) is 48.5 Å². The molecule has 3 atom stereocenters. The maximum absolute atomic E-state index is 14.2. The van der Waals surface area contributed by atoms with Crippen LogP contribution in [0.25, 0.3) is 0 Å². The van der Waals surface area contributed by atoms with Gasteiger partial charge in [0.15, 0.2) is 0 Å². The molecule has 0 saturated carbocycles. The van der Waals surface area contributed by atoms with Crippen LogP contribution in [-0.4, -0.2) is 57.3 Å². The van der Waals surface area contributed by atoms with Crippen LogP contribution in [0.2, 0.25) is 0 Å². The molecule has 0 spiro atoms. The second-order valence-electron chi connectivity index (χ2n) is 10.8. The van der Waals surface area contributed by atoms with E-state index in [-0.39, 0.29) is 36.4 Å². The number of rotatable bonds is 12. The standard InChI is InChI=1S/C30H43N3O6/c1-7-9-20(3)31-27(36)26(22-12-16-24(35)17-13-22)33(18-8-2)28(37)25(32-29(38)39-30(4,5)6)19-21-10-14-23(34)15-11-21/h10-17,20,25-26,34-35H,7-9,18-19H2,1-6H3,(H,31,36)(H,32,38). The number of carbonyl (C=O) groups excluding carboxylic acids is 3. The van der Waals surface area contributed by atoms with Crippen molar-refractivity contribution in [2.45, 2.75) is 91.0 Å². The molecule has 0 radical (unpaired) electrons. The summed E-state index contributed by atoms with van der Waals surface area (Å²) < 4.78 is 5.43. The van der Waals surface area contributed by atoms with Crippen LogP contribution >= 0.6 is 0 Å². The van der Waals surface area contributed by atoms with Crippen LogP contribution < -0.4 is 10.6 Å². The Morgan fingerprint density at radius 3 is 1.97 bits per heavy atom. The molecule has 0 aliphatic rings. The maximum Gasteiger partial charge on any atom is 0.408 e. The predicted octanol–water partition coefficient (Wildman–Crippen LogP) is 4.82. The molecular formula is C30H43N3O6. The number of phenols is 2. The first-order chi connectivity index (χ1) is 18.3. The summed E-state index contributed by atoms with van der Waals surface area (Å²) in [5.74, 6) is -0.668. The number of carbonyl (C=O) groups is 3. The summed E-state index contributed by atoms with van der Waals surface area (Å²) in [7, 11) is 0. The minimum Gasteiger partial charge on any atom is -0.508 e. The number of alkyl carbamates (subject to hydrolysis) is 1. The van der Waals surface area contributed by atoms with Gasteiger partial charge < -0.3 is 30.5 Å². The molecule has 0 bridgehead atoms. The Bertz CT molecular complexity index is 1080. The quantitative estimate of drug-likeness (QED) is 0.305. The van der Waals surface area contributed by atoms with Gasteiger partial charge in [-0.3, -0.25) is 9.59 Å². The first-order valence-electron chi connectivity index (χ1n) is 13.5. The number of hydrogen-bond acceptors (Lipinski definition) is 6. The molecule has 2 rings (SSSR count). The van der Waals surface area contributed by atoms with Gasteiger partial charge in [-0.1, -0.05) is 44.5 Å². The number of ether oxygens (including phenoxy) is 1. The van der Waals surface area contributed by atoms with Gasteiger partial charge in [-0.2, -0.15) is 0 Å². The lowest BCUT2D eigenvalue weighted by molar-refractivity contribution is -0.142. The number of aromatic hydroxyl groups is 2. The predicted molar refractivity (Wildman–Crippen MR) is 150 cm³/mol. The van der Waals surface area contributed by atoms with Crippen LogP contribution in [0.4, 0.5) is 4.79 Å². The molecule has 9 nitrogen and oxygen atoms in total. The van der Waals surface area contributed by atoms with E-state index < -0.39 is 29.7 Å². The van der Waals surface area contributed by atoms with Crippen molar-refractivity contribution in [2.24, 2.45) is 0 Å². The summed E-state index contributed by atoms with van der Waals surface area (Å²) >= 11 is 0. The molecule has 0 fully saturated rings. The van der Waals surface area contributed by atoms with Crippen molar-refractivity contribution >= 4 is 17.9 Å². The fraction of sp³-hybridized carbons (Fsp3) is 0.500. The van der Waals surface area contributed by atoms with Gasteiger partial charge in [0, 0.05) is 19.0 Å². The average Bonchev–Trinajstić information content (AvgIpc) is 2.84. The third-order valence-electron chi connectivity index (χ3n) is 5.99. The van der Waals surface area contributed by atoms with E-state index in [1.165, 1.54) is 29.2 Å². The van der Waals surface area contributed by atoms with E-state index in [1.54, 1.807) is 45.0 Å². The van der Waals surface area contributed by atoms with Gasteiger partial charge in [-0.05, 0) is 75.9 Å². The fourth-order valence-corrected chi connectivity index (χ4v) is 4.28. The number of nitrogens with zero attached hydrogens (tertiary/aromatic N) is 1. The molecule has 2 aromatic carbocycles. The topological polar surface area (TPSA) is 128 Å². The first-order valence-corrected chi connectivity index (χ1v) is 13.5. The Balaban J connectivity index is 2.51. The van der Waals surface area contributed by atoms with Crippen molar-refractivity contribution in [1.82, 2.24) is 15.5 Å². The molecule has 0 aromatic heterocycles. The average molecular weight is 542 g/mol. The summed E-state index contributed by atoms with van der Waals surface area (Å²) in [5.41, 5.74) is 0.473. The highest BCUT2D eigenvalue weighted by atomic mass is 16.6. The normalized spacial score (nSPS) is 13.6. The highest BCUT2D eigenvalue weighted by Crippen LogP contribution is 2.26. The second-order valence-corrected chi connectivity index (χ2v) is 10.8. The second kappa shape index (κ2) is 14.4. The van der Waals surface area contributed by atoms with Crippen molar-refractivity contribution in [2.75, 3.05) is 6.54 Å². The number of benzene rings is 2. The lowest BCUT2D eigenvalue weighted by Gasteiger charge is -2.35. The van der Waals surface area contributed by atoms with Crippen molar-refractivity contribution in [1.29, 1.82) is 0 Å². The molecule has 4 N–H and O–H groups in total. The third kappa shape index (κ3) is 10.1. The van der Waals surface area contributed by atoms with Gasteiger partial charge in [0.2, 0.25) is 11.8 Å². The van der Waals surface area contributed by atoms with Gasteiger partial charge in [0.05, 0.1) is 0 Å². The Morgan fingerprint density at radius 2 is 1.46 bits per heavy atom. The van der Waals surface area contributed by atoms with Crippen LogP contribution in [0.1, 0.15) is 78.0 Å². The van der Waals surface area contributed by atoms with Crippen molar-refractivity contribution in [3.63, 3.8) is 0 Å². The van der Waals surface area contributed by atoms with Crippen molar-refractivity contribution < 1.29 is 29.3 Å². The van der Waals surface area contributed by atoms with Crippen molar-refractivity contribution in [3.05, 3.63) is 59.7 Å². The Kier molecular flexibility index (Phi) is 11.6. The molecule has 0 saturated heterocycles. The zero-order chi connectivity index (χ0) is 29.2. The van der Waals surface area contributed by atoms with E-state index in [4.69, 9.17) is 4.74 Å². The van der Waals surface area contributed by atoms with Crippen LogP contribution in [-0.2, 0) is 20.7 Å². The smallest absolute Gasteiger partial charge is 0.408 e. The van der Waals surface area contributed by atoms with Crippen LogP contribution in [0.3, 0.4) is 0 Å². The van der Waals surface area contributed by atoms with E-state index in [0.29, 0.717) is 17.5 Å². The Hall–Kier alpha value is -3.75. The van der Waals surface area contributed by atoms with E-state index >= 15 is 0 Å². The lowest BCUT2D eigenvalue weighted by atomic mass is 9.99. The lowest BCUT2D eigenvalue weighted by Crippen LogP contribution is -2.54. The van der Waals surface area contributed by atoms with Gasteiger partial charge in [-0.25, -0.2) is 4.79 Å². The fourth-order valence-electron chi connectivity index (χ4n) is 4.28. The zero-order valence-corrected chi connectivity index (χ0v) is 23.9. The minimum absolute atomic E-state index is 0.0439. The molecule has 9 heteroatoms. The molecule has 214 valence electrons. The van der Waals surface area contributed by atoms with Gasteiger partial charge >= 0.3 is 6.09 Å². The van der Waals surface area contributed by atoms with Gasteiger partial charge in [0.1, 0.15) is 29.2 Å². The largest absolute Gasteiger partial charge is 0.508 e. The molecule has 0 aliphatic heterocycles. The maximum atomic E-state index is 14.2. The van der Waals surface area contributed by atoms with Crippen molar-refractivity contribution in [3.8, 4) is 11.5 Å². The molecule has 2 aromatic rings. The third-order valence-corrected chi connectivity index (χ3v) is 5.99. The Morgan fingerprint density at radius 1 is 0.897 bits per heavy atom. The Labute approximate surface area is 231 Å². The number of hydrogen-bond donors (Lipinski definition) is 4. The number of phenolic OH excluding ortho intramolecular Hbond substituents is 2. The van der Waals surface area contributed by atoms with E-state index in [1.807, 2.05) is 20.8 Å². The SMILES string of the molecule is CCCC(C)NC(=O)C(c1ccc(O)cc1)N(CCC)C(=O)C(Cc1ccc(O)cc1)NC(=O)OC(C)(C)C. The van der Waals surface area contributed by atoms with Gasteiger partial charge in [-0.15, -0.1) is 0 Å². The van der Waals surface area contributed by atoms with Gasteiger partial charge in [0.25, 0.3) is 0 Å². The summed E-state index contributed by atoms with van der Waals surface area (Å²) in [4.78, 5) is 42.1. The molecule has 3 amide bonds. The minimum atomic E-state index is -1.04. The summed E-state index contributed by atoms with van der Waals surface area (Å²) in [5, 5.41) is 25.3. The van der Waals surface area contributed by atoms with E-state index in [2.05, 4.69) is 10.6 Å². The number of amides is 3. The molecule has 39 heavy (non-hydrogen) atoms. The summed E-state index contributed by atoms with van der Waals surface area (Å²) in [6, 6.07) is 10.4.